The van der Waals surface area contributed by atoms with Gasteiger partial charge < -0.3 is 20.1 Å². The number of pyridine rings is 1. The quantitative estimate of drug-likeness (QED) is 0.477. The van der Waals surface area contributed by atoms with Crippen molar-refractivity contribution in [3.05, 3.63) is 75.3 Å². The molecule has 176 valence electrons. The molecule has 3 rings (SSSR count). The minimum atomic E-state index is -0.364. The molecule has 0 spiro atoms. The van der Waals surface area contributed by atoms with Crippen LogP contribution in [0.2, 0.25) is 0 Å². The number of anilines is 1. The van der Waals surface area contributed by atoms with Gasteiger partial charge in [0.1, 0.15) is 5.82 Å². The molecule has 0 atom stereocenters. The lowest BCUT2D eigenvalue weighted by atomic mass is 10.0. The summed E-state index contributed by atoms with van der Waals surface area (Å²) in [5, 5.41) is 3.76. The lowest BCUT2D eigenvalue weighted by Crippen LogP contribution is -2.38. The molecule has 6 nitrogen and oxygen atoms in total. The highest BCUT2D eigenvalue weighted by Crippen LogP contribution is 2.18. The van der Waals surface area contributed by atoms with Crippen LogP contribution in [-0.4, -0.2) is 47.0 Å². The third kappa shape index (κ3) is 6.42. The minimum Gasteiger partial charge on any atom is -0.322 e. The Balaban J connectivity index is 1.83. The van der Waals surface area contributed by atoms with Crippen LogP contribution in [-0.2, 0) is 6.54 Å². The van der Waals surface area contributed by atoms with Gasteiger partial charge in [-0.2, -0.15) is 0 Å². The summed E-state index contributed by atoms with van der Waals surface area (Å²) in [7, 11) is 0. The monoisotopic (exact) mass is 452 g/mol. The van der Waals surface area contributed by atoms with Crippen molar-refractivity contribution >= 4 is 22.6 Å². The van der Waals surface area contributed by atoms with E-state index in [4.69, 9.17) is 0 Å². The van der Waals surface area contributed by atoms with Gasteiger partial charge in [0.05, 0.1) is 6.54 Å². The summed E-state index contributed by atoms with van der Waals surface area (Å²) >= 11 is 0. The molecule has 0 bridgehead atoms. The predicted octanol–water partition coefficient (Wildman–Crippen LogP) is 5.05. The maximum Gasteiger partial charge on any atom is 0.322 e. The number of hydrogen-bond acceptors (Lipinski definition) is 3. The van der Waals surface area contributed by atoms with Gasteiger partial charge in [-0.25, -0.2) is 9.18 Å². The number of rotatable bonds is 9. The molecule has 0 aliphatic carbocycles. The average molecular weight is 453 g/mol. The van der Waals surface area contributed by atoms with Crippen LogP contribution in [0.4, 0.5) is 14.9 Å². The second-order valence-electron chi connectivity index (χ2n) is 8.39. The van der Waals surface area contributed by atoms with Crippen molar-refractivity contribution in [3.63, 3.8) is 0 Å². The SMILES string of the molecule is CCN(CC)CCCN(Cc1cc2cc(C)c(C)cc2[nH]c1=O)C(=O)Nc1ccc(F)cc1. The molecule has 0 unspecified atom stereocenters. The van der Waals surface area contributed by atoms with E-state index >= 15 is 0 Å². The minimum absolute atomic E-state index is 0.184. The first kappa shape index (κ1) is 24.5. The summed E-state index contributed by atoms with van der Waals surface area (Å²) in [6.07, 6.45) is 0.780. The second kappa shape index (κ2) is 11.1. The van der Waals surface area contributed by atoms with Gasteiger partial charge in [0, 0.05) is 23.3 Å². The third-order valence-corrected chi connectivity index (χ3v) is 6.08. The summed E-state index contributed by atoms with van der Waals surface area (Å²) < 4.78 is 13.2. The molecule has 0 aliphatic heterocycles. The molecule has 0 saturated carbocycles. The van der Waals surface area contributed by atoms with Crippen molar-refractivity contribution in [2.75, 3.05) is 31.5 Å². The van der Waals surface area contributed by atoms with Crippen molar-refractivity contribution in [1.82, 2.24) is 14.8 Å². The number of nitrogens with one attached hydrogen (secondary N) is 2. The number of fused-ring (bicyclic) bond motifs is 1. The molecular formula is C26H33FN4O2. The normalized spacial score (nSPS) is 11.2. The fourth-order valence-electron chi connectivity index (χ4n) is 3.86. The molecule has 2 amide bonds. The van der Waals surface area contributed by atoms with Gasteiger partial charge in [0.25, 0.3) is 5.56 Å². The number of nitrogens with zero attached hydrogens (tertiary/aromatic N) is 2. The summed E-state index contributed by atoms with van der Waals surface area (Å²) in [5.41, 5.74) is 3.88. The van der Waals surface area contributed by atoms with E-state index in [0.29, 0.717) is 17.8 Å². The Hall–Kier alpha value is -3.19. The molecule has 0 saturated heterocycles. The van der Waals surface area contributed by atoms with Crippen LogP contribution in [0.25, 0.3) is 10.9 Å². The van der Waals surface area contributed by atoms with Crippen LogP contribution in [0, 0.1) is 19.7 Å². The average Bonchev–Trinajstić information content (AvgIpc) is 2.79. The number of aromatic amines is 1. The molecule has 2 aromatic carbocycles. The Kier molecular flexibility index (Phi) is 8.22. The number of carbonyl (C=O) groups is 1. The van der Waals surface area contributed by atoms with Crippen LogP contribution >= 0.6 is 0 Å². The van der Waals surface area contributed by atoms with Crippen LogP contribution < -0.4 is 10.9 Å². The number of carbonyl (C=O) groups excluding carboxylic acids is 1. The van der Waals surface area contributed by atoms with Crippen molar-refractivity contribution in [3.8, 4) is 0 Å². The van der Waals surface area contributed by atoms with E-state index in [1.807, 2.05) is 32.0 Å². The van der Waals surface area contributed by atoms with Crippen molar-refractivity contribution in [2.45, 2.75) is 40.7 Å². The van der Waals surface area contributed by atoms with Gasteiger partial charge in [-0.15, -0.1) is 0 Å². The maximum absolute atomic E-state index is 13.2. The van der Waals surface area contributed by atoms with Crippen molar-refractivity contribution < 1.29 is 9.18 Å². The van der Waals surface area contributed by atoms with Crippen molar-refractivity contribution in [2.24, 2.45) is 0 Å². The Labute approximate surface area is 194 Å². The fraction of sp³-hybridized carbons (Fsp3) is 0.385. The number of urea groups is 1. The summed E-state index contributed by atoms with van der Waals surface area (Å²) in [5.74, 6) is -0.364. The molecule has 33 heavy (non-hydrogen) atoms. The number of amides is 2. The van der Waals surface area contributed by atoms with Crippen molar-refractivity contribution in [1.29, 1.82) is 0 Å². The zero-order valence-corrected chi connectivity index (χ0v) is 19.9. The summed E-state index contributed by atoms with van der Waals surface area (Å²) in [6, 6.07) is 11.2. The standard InChI is InChI=1S/C26H33FN4O2/c1-5-30(6-2)12-7-13-31(26(33)28-23-10-8-22(27)9-11-23)17-21-16-20-14-18(3)19(4)15-24(20)29-25(21)32/h8-11,14-16H,5-7,12-13,17H2,1-4H3,(H,28,33)(H,29,32). The topological polar surface area (TPSA) is 68.4 Å². The van der Waals surface area contributed by atoms with E-state index < -0.39 is 0 Å². The molecule has 0 aliphatic rings. The highest BCUT2D eigenvalue weighted by molar-refractivity contribution is 5.89. The van der Waals surface area contributed by atoms with E-state index in [9.17, 15) is 14.0 Å². The lowest BCUT2D eigenvalue weighted by molar-refractivity contribution is 0.202. The predicted molar refractivity (Wildman–Crippen MR) is 132 cm³/mol. The van der Waals surface area contributed by atoms with Gasteiger partial charge in [-0.3, -0.25) is 4.79 Å². The number of hydrogen-bond donors (Lipinski definition) is 2. The van der Waals surface area contributed by atoms with Crippen LogP contribution in [0.15, 0.2) is 47.3 Å². The first-order valence-electron chi connectivity index (χ1n) is 11.5. The molecule has 3 aromatic rings. The molecule has 1 heterocycles. The van der Waals surface area contributed by atoms with Gasteiger partial charge in [-0.1, -0.05) is 13.8 Å². The van der Waals surface area contributed by atoms with E-state index in [-0.39, 0.29) is 24.0 Å². The molecule has 1 aromatic heterocycles. The van der Waals surface area contributed by atoms with E-state index in [1.54, 1.807) is 4.90 Å². The zero-order chi connectivity index (χ0) is 24.0. The van der Waals surface area contributed by atoms with Gasteiger partial charge in [0.15, 0.2) is 0 Å². The molecule has 2 N–H and O–H groups in total. The number of aryl methyl sites for hydroxylation is 2. The van der Waals surface area contributed by atoms with E-state index in [1.165, 1.54) is 24.3 Å². The number of aromatic nitrogens is 1. The number of halogens is 1. The number of benzene rings is 2. The zero-order valence-electron chi connectivity index (χ0n) is 19.9. The summed E-state index contributed by atoms with van der Waals surface area (Å²) in [4.78, 5) is 32.8. The molecular weight excluding hydrogens is 419 g/mol. The Morgan fingerprint density at radius 3 is 2.33 bits per heavy atom. The molecule has 0 radical (unpaired) electrons. The van der Waals surface area contributed by atoms with Gasteiger partial charge in [0.2, 0.25) is 0 Å². The van der Waals surface area contributed by atoms with Gasteiger partial charge >= 0.3 is 6.03 Å². The second-order valence-corrected chi connectivity index (χ2v) is 8.39. The molecule has 0 fully saturated rings. The van der Waals surface area contributed by atoms with Crippen LogP contribution in [0.1, 0.15) is 37.0 Å². The Morgan fingerprint density at radius 1 is 1.00 bits per heavy atom. The lowest BCUT2D eigenvalue weighted by Gasteiger charge is -2.25. The van der Waals surface area contributed by atoms with E-state index in [2.05, 4.69) is 29.0 Å². The highest BCUT2D eigenvalue weighted by atomic mass is 19.1. The maximum atomic E-state index is 13.2. The van der Waals surface area contributed by atoms with Gasteiger partial charge in [-0.05, 0) is 98.9 Å². The number of H-pyrrole nitrogens is 1. The first-order chi connectivity index (χ1) is 15.8. The molecule has 7 heteroatoms. The largest absolute Gasteiger partial charge is 0.322 e. The van der Waals surface area contributed by atoms with Crippen LogP contribution in [0.5, 0.6) is 0 Å². The third-order valence-electron chi connectivity index (χ3n) is 6.08. The first-order valence-corrected chi connectivity index (χ1v) is 11.5. The summed E-state index contributed by atoms with van der Waals surface area (Å²) in [6.45, 7) is 11.7. The van der Waals surface area contributed by atoms with E-state index in [0.717, 1.165) is 48.1 Å². The highest BCUT2D eigenvalue weighted by Gasteiger charge is 2.17. The smallest absolute Gasteiger partial charge is 0.322 e. The Morgan fingerprint density at radius 2 is 1.67 bits per heavy atom. The fourth-order valence-corrected chi connectivity index (χ4v) is 3.86. The van der Waals surface area contributed by atoms with Crippen LogP contribution in [0.3, 0.4) is 0 Å². The Bertz CT molecular complexity index is 1150.